The number of carbonyl (C=O) groups is 1. The van der Waals surface area contributed by atoms with Crippen molar-refractivity contribution in [1.82, 2.24) is 25.5 Å². The SMILES string of the molecule is O=C(NCn1[nH]nnc1=S)OCc1ccc([N+](=O)[O-])cc1. The number of H-pyrrole nitrogens is 1. The van der Waals surface area contributed by atoms with Crippen LogP contribution in [0.2, 0.25) is 0 Å². The van der Waals surface area contributed by atoms with Crippen LogP contribution in [0.5, 0.6) is 0 Å². The number of carbonyl (C=O) groups excluding carboxylic acids is 1. The third-order valence-corrected chi connectivity index (χ3v) is 2.73. The summed E-state index contributed by atoms with van der Waals surface area (Å²) in [7, 11) is 0. The van der Waals surface area contributed by atoms with Crippen molar-refractivity contribution in [3.05, 3.63) is 44.7 Å². The standard InChI is InChI=1S/C10H10N6O4S/c17-10(11-6-15-9(21)12-13-14-15)20-5-7-1-3-8(4-2-7)16(18)19/h1-4H,5-6H2,(H,11,17)(H,12,14,21). The van der Waals surface area contributed by atoms with Crippen molar-refractivity contribution in [2.24, 2.45) is 0 Å². The molecule has 0 radical (unpaired) electrons. The zero-order valence-electron chi connectivity index (χ0n) is 10.6. The molecule has 0 unspecified atom stereocenters. The molecule has 2 rings (SSSR count). The van der Waals surface area contributed by atoms with Gasteiger partial charge in [0.05, 0.1) is 4.92 Å². The van der Waals surface area contributed by atoms with E-state index in [0.717, 1.165) is 0 Å². The Kier molecular flexibility index (Phi) is 4.56. The lowest BCUT2D eigenvalue weighted by Gasteiger charge is -2.06. The molecule has 11 heteroatoms. The second-order valence-electron chi connectivity index (χ2n) is 3.85. The molecule has 0 aliphatic carbocycles. The fraction of sp³-hybridized carbons (Fsp3) is 0.200. The second kappa shape index (κ2) is 6.56. The van der Waals surface area contributed by atoms with Crippen LogP contribution in [0, 0.1) is 14.9 Å². The van der Waals surface area contributed by atoms with E-state index in [-0.39, 0.29) is 23.7 Å². The Morgan fingerprint density at radius 1 is 1.48 bits per heavy atom. The van der Waals surface area contributed by atoms with Gasteiger partial charge >= 0.3 is 6.09 Å². The van der Waals surface area contributed by atoms with E-state index in [0.29, 0.717) is 5.56 Å². The normalized spacial score (nSPS) is 10.1. The summed E-state index contributed by atoms with van der Waals surface area (Å²) in [5.41, 5.74) is 0.611. The van der Waals surface area contributed by atoms with Gasteiger partial charge in [-0.25, -0.2) is 9.48 Å². The minimum Gasteiger partial charge on any atom is -0.445 e. The van der Waals surface area contributed by atoms with Crippen LogP contribution in [0.25, 0.3) is 0 Å². The molecule has 1 aromatic carbocycles. The largest absolute Gasteiger partial charge is 0.445 e. The Morgan fingerprint density at radius 2 is 2.19 bits per heavy atom. The van der Waals surface area contributed by atoms with Crippen LogP contribution >= 0.6 is 12.2 Å². The quantitative estimate of drug-likeness (QED) is 0.481. The summed E-state index contributed by atoms with van der Waals surface area (Å²) in [6.45, 7) is 0.0430. The number of hydrogen-bond donors (Lipinski definition) is 2. The number of aromatic amines is 1. The fourth-order valence-electron chi connectivity index (χ4n) is 1.38. The first-order chi connectivity index (χ1) is 10.1. The number of nitrogens with one attached hydrogen (secondary N) is 2. The number of nitro benzene ring substituents is 1. The molecular weight excluding hydrogens is 300 g/mol. The minimum atomic E-state index is -0.662. The van der Waals surface area contributed by atoms with Crippen LogP contribution in [0.3, 0.4) is 0 Å². The molecule has 1 heterocycles. The maximum absolute atomic E-state index is 11.5. The third kappa shape index (κ3) is 4.07. The van der Waals surface area contributed by atoms with Gasteiger partial charge in [0, 0.05) is 12.1 Å². The molecule has 0 aliphatic heterocycles. The highest BCUT2D eigenvalue weighted by molar-refractivity contribution is 7.71. The number of alkyl carbamates (subject to hydrolysis) is 1. The van der Waals surface area contributed by atoms with Crippen molar-refractivity contribution in [1.29, 1.82) is 0 Å². The molecule has 2 aromatic rings. The maximum Gasteiger partial charge on any atom is 0.408 e. The van der Waals surface area contributed by atoms with Crippen LogP contribution < -0.4 is 5.32 Å². The molecule has 2 N–H and O–H groups in total. The van der Waals surface area contributed by atoms with E-state index < -0.39 is 11.0 Å². The van der Waals surface area contributed by atoms with E-state index in [1.165, 1.54) is 28.9 Å². The number of rotatable bonds is 5. The van der Waals surface area contributed by atoms with Crippen molar-refractivity contribution in [2.75, 3.05) is 0 Å². The van der Waals surface area contributed by atoms with Crippen molar-refractivity contribution >= 4 is 24.0 Å². The molecule has 21 heavy (non-hydrogen) atoms. The highest BCUT2D eigenvalue weighted by Gasteiger charge is 2.06. The summed E-state index contributed by atoms with van der Waals surface area (Å²) >= 11 is 4.82. The van der Waals surface area contributed by atoms with Gasteiger partial charge in [0.15, 0.2) is 0 Å². The number of non-ortho nitro benzene ring substituents is 1. The lowest BCUT2D eigenvalue weighted by atomic mass is 10.2. The Bertz CT molecular complexity index is 694. The van der Waals surface area contributed by atoms with E-state index in [4.69, 9.17) is 17.0 Å². The molecule has 110 valence electrons. The number of aromatic nitrogens is 4. The third-order valence-electron chi connectivity index (χ3n) is 2.43. The smallest absolute Gasteiger partial charge is 0.408 e. The highest BCUT2D eigenvalue weighted by atomic mass is 32.1. The Labute approximate surface area is 122 Å². The minimum absolute atomic E-state index is 0.00352. The number of tetrazole rings is 1. The van der Waals surface area contributed by atoms with E-state index in [1.807, 2.05) is 0 Å². The molecule has 0 atom stereocenters. The lowest BCUT2D eigenvalue weighted by Crippen LogP contribution is -2.27. The summed E-state index contributed by atoms with van der Waals surface area (Å²) in [5, 5.41) is 22.4. The van der Waals surface area contributed by atoms with Crippen LogP contribution in [0.1, 0.15) is 5.56 Å². The van der Waals surface area contributed by atoms with Crippen molar-refractivity contribution in [3.63, 3.8) is 0 Å². The lowest BCUT2D eigenvalue weighted by molar-refractivity contribution is -0.384. The summed E-state index contributed by atoms with van der Waals surface area (Å²) in [6, 6.07) is 5.71. The Morgan fingerprint density at radius 3 is 2.76 bits per heavy atom. The highest BCUT2D eigenvalue weighted by Crippen LogP contribution is 2.12. The van der Waals surface area contributed by atoms with E-state index >= 15 is 0 Å². The zero-order valence-corrected chi connectivity index (χ0v) is 11.4. The van der Waals surface area contributed by atoms with Crippen molar-refractivity contribution < 1.29 is 14.5 Å². The molecule has 0 saturated heterocycles. The topological polar surface area (TPSA) is 128 Å². The first-order valence-electron chi connectivity index (χ1n) is 5.68. The predicted octanol–water partition coefficient (Wildman–Crippen LogP) is 1.13. The number of nitrogens with zero attached hydrogens (tertiary/aromatic N) is 4. The van der Waals surface area contributed by atoms with Gasteiger partial charge in [-0.2, -0.15) is 5.21 Å². The molecule has 10 nitrogen and oxygen atoms in total. The number of amides is 1. The van der Waals surface area contributed by atoms with Crippen molar-refractivity contribution in [2.45, 2.75) is 13.3 Å². The van der Waals surface area contributed by atoms with Crippen LogP contribution in [0.15, 0.2) is 24.3 Å². The summed E-state index contributed by atoms with van der Waals surface area (Å²) < 4.78 is 6.48. The average Bonchev–Trinajstić information content (AvgIpc) is 2.88. The molecule has 0 aliphatic rings. The molecule has 0 fully saturated rings. The van der Waals surface area contributed by atoms with E-state index in [2.05, 4.69) is 20.8 Å². The molecule has 1 amide bonds. The first-order valence-corrected chi connectivity index (χ1v) is 6.09. The Balaban J connectivity index is 1.79. The number of hydrogen-bond acceptors (Lipinski definition) is 7. The van der Waals surface area contributed by atoms with Gasteiger partial charge in [-0.1, -0.05) is 10.3 Å². The van der Waals surface area contributed by atoms with Gasteiger partial charge in [-0.05, 0) is 29.9 Å². The molecule has 0 spiro atoms. The molecule has 0 bridgehead atoms. The first kappa shape index (κ1) is 14.6. The van der Waals surface area contributed by atoms with Crippen molar-refractivity contribution in [3.8, 4) is 0 Å². The van der Waals surface area contributed by atoms with Gasteiger partial charge in [0.1, 0.15) is 13.3 Å². The zero-order chi connectivity index (χ0) is 15.2. The fourth-order valence-corrected chi connectivity index (χ4v) is 1.52. The number of nitro groups is 1. The molecular formula is C10H10N6O4S. The van der Waals surface area contributed by atoms with E-state index in [9.17, 15) is 14.9 Å². The molecule has 0 saturated carbocycles. The number of benzene rings is 1. The number of ether oxygens (including phenoxy) is 1. The van der Waals surface area contributed by atoms with Crippen LogP contribution in [-0.2, 0) is 18.0 Å². The van der Waals surface area contributed by atoms with Gasteiger partial charge in [0.2, 0.25) is 4.77 Å². The van der Waals surface area contributed by atoms with Crippen LogP contribution in [-0.4, -0.2) is 31.2 Å². The Hall–Kier alpha value is -2.82. The van der Waals surface area contributed by atoms with Gasteiger partial charge in [-0.15, -0.1) is 0 Å². The summed E-state index contributed by atoms with van der Waals surface area (Å²) in [5.74, 6) is 0. The molecule has 1 aromatic heterocycles. The predicted molar refractivity (Wildman–Crippen MR) is 71.6 cm³/mol. The second-order valence-corrected chi connectivity index (χ2v) is 4.21. The van der Waals surface area contributed by atoms with E-state index in [1.54, 1.807) is 0 Å². The van der Waals surface area contributed by atoms with Gasteiger partial charge < -0.3 is 10.1 Å². The van der Waals surface area contributed by atoms with Crippen LogP contribution in [0.4, 0.5) is 10.5 Å². The monoisotopic (exact) mass is 310 g/mol. The maximum atomic E-state index is 11.5. The van der Waals surface area contributed by atoms with Gasteiger partial charge in [-0.3, -0.25) is 10.1 Å². The summed E-state index contributed by atoms with van der Waals surface area (Å²) in [6.07, 6.45) is -0.662. The van der Waals surface area contributed by atoms with Gasteiger partial charge in [0.25, 0.3) is 5.69 Å². The average molecular weight is 310 g/mol. The summed E-state index contributed by atoms with van der Waals surface area (Å²) in [4.78, 5) is 21.4.